The van der Waals surface area contributed by atoms with Crippen molar-refractivity contribution in [3.8, 4) is 0 Å². The summed E-state index contributed by atoms with van der Waals surface area (Å²) in [6, 6.07) is 8.39. The van der Waals surface area contributed by atoms with Gasteiger partial charge >= 0.3 is 0 Å². The second-order valence-corrected chi connectivity index (χ2v) is 8.65. The van der Waals surface area contributed by atoms with Crippen LogP contribution in [0.25, 0.3) is 10.9 Å². The molecule has 0 radical (unpaired) electrons. The zero-order valence-electron chi connectivity index (χ0n) is 16.6. The SMILES string of the molecule is O=C(CCCc1c[nH]c2ccccc12)N1C[C@H]2C[C@@H](n3ccnc3)[C@H](O)C[C@H]2C1. The molecule has 1 saturated carbocycles. The summed E-state index contributed by atoms with van der Waals surface area (Å²) in [4.78, 5) is 22.3. The number of nitrogens with zero attached hydrogens (tertiary/aromatic N) is 3. The highest BCUT2D eigenvalue weighted by atomic mass is 16.3. The van der Waals surface area contributed by atoms with Crippen molar-refractivity contribution in [2.45, 2.75) is 44.2 Å². The number of aliphatic hydroxyl groups excluding tert-OH is 1. The smallest absolute Gasteiger partial charge is 0.222 e. The number of rotatable bonds is 5. The van der Waals surface area contributed by atoms with E-state index in [1.54, 1.807) is 12.5 Å². The van der Waals surface area contributed by atoms with E-state index in [1.165, 1.54) is 10.9 Å². The average molecular weight is 393 g/mol. The summed E-state index contributed by atoms with van der Waals surface area (Å²) in [7, 11) is 0. The fourth-order valence-electron chi connectivity index (χ4n) is 5.32. The quantitative estimate of drug-likeness (QED) is 0.700. The average Bonchev–Trinajstić information content (AvgIpc) is 3.47. The minimum absolute atomic E-state index is 0.0793. The van der Waals surface area contributed by atoms with E-state index in [2.05, 4.69) is 34.4 Å². The van der Waals surface area contributed by atoms with Crippen molar-refractivity contribution in [3.63, 3.8) is 0 Å². The van der Waals surface area contributed by atoms with Crippen LogP contribution in [0.4, 0.5) is 0 Å². The molecule has 2 N–H and O–H groups in total. The minimum atomic E-state index is -0.359. The molecule has 152 valence electrons. The number of para-hydroxylation sites is 1. The van der Waals surface area contributed by atoms with Gasteiger partial charge in [-0.1, -0.05) is 18.2 Å². The van der Waals surface area contributed by atoms with Gasteiger partial charge in [-0.3, -0.25) is 4.79 Å². The second kappa shape index (κ2) is 7.67. The van der Waals surface area contributed by atoms with E-state index in [9.17, 15) is 9.90 Å². The maximum atomic E-state index is 12.8. The summed E-state index contributed by atoms with van der Waals surface area (Å²) < 4.78 is 2.02. The predicted molar refractivity (Wildman–Crippen MR) is 111 cm³/mol. The summed E-state index contributed by atoms with van der Waals surface area (Å²) in [6.07, 6.45) is 11.2. The third kappa shape index (κ3) is 3.57. The highest BCUT2D eigenvalue weighted by Crippen LogP contribution is 2.41. The van der Waals surface area contributed by atoms with Crippen molar-refractivity contribution < 1.29 is 9.90 Å². The predicted octanol–water partition coefficient (Wildman–Crippen LogP) is 3.16. The minimum Gasteiger partial charge on any atom is -0.391 e. The van der Waals surface area contributed by atoms with Gasteiger partial charge in [-0.25, -0.2) is 4.98 Å². The van der Waals surface area contributed by atoms with E-state index in [0.717, 1.165) is 44.3 Å². The Kier molecular flexibility index (Phi) is 4.87. The zero-order chi connectivity index (χ0) is 19.8. The number of aromatic nitrogens is 3. The number of hydrogen-bond donors (Lipinski definition) is 2. The number of fused-ring (bicyclic) bond motifs is 2. The van der Waals surface area contributed by atoms with E-state index in [0.29, 0.717) is 18.3 Å². The fourth-order valence-corrected chi connectivity index (χ4v) is 5.32. The van der Waals surface area contributed by atoms with Gasteiger partial charge in [0.05, 0.1) is 18.5 Å². The Morgan fingerprint density at radius 1 is 1.21 bits per heavy atom. The van der Waals surface area contributed by atoms with Crippen molar-refractivity contribution in [2.75, 3.05) is 13.1 Å². The van der Waals surface area contributed by atoms with Crippen LogP contribution in [0.15, 0.2) is 49.2 Å². The molecule has 4 atom stereocenters. The van der Waals surface area contributed by atoms with Crippen LogP contribution in [0.2, 0.25) is 0 Å². The van der Waals surface area contributed by atoms with Gasteiger partial charge < -0.3 is 19.6 Å². The number of H-pyrrole nitrogens is 1. The molecule has 3 aromatic rings. The van der Waals surface area contributed by atoms with E-state index in [4.69, 9.17) is 0 Å². The van der Waals surface area contributed by atoms with Crippen LogP contribution < -0.4 is 0 Å². The molecule has 2 aromatic heterocycles. The molecule has 1 amide bonds. The first-order valence-electron chi connectivity index (χ1n) is 10.7. The molecule has 1 aliphatic carbocycles. The van der Waals surface area contributed by atoms with Crippen molar-refractivity contribution in [1.82, 2.24) is 19.4 Å². The zero-order valence-corrected chi connectivity index (χ0v) is 16.6. The van der Waals surface area contributed by atoms with Crippen molar-refractivity contribution in [2.24, 2.45) is 11.8 Å². The number of carbonyl (C=O) groups excluding carboxylic acids is 1. The van der Waals surface area contributed by atoms with E-state index >= 15 is 0 Å². The number of carbonyl (C=O) groups is 1. The standard InChI is InChI=1S/C23H28N4O2/c28-22-11-18-14-27(13-17(18)10-21(22)26-9-8-24-15-26)23(29)7-3-4-16-12-25-20-6-2-1-5-19(16)20/h1-2,5-6,8-9,12,15,17-18,21-22,25,28H,3-4,7,10-11,13-14H2/t17-,18+,21-,22-/m1/s1. The Labute approximate surface area is 170 Å². The first-order valence-corrected chi connectivity index (χ1v) is 10.7. The summed E-state index contributed by atoms with van der Waals surface area (Å²) >= 11 is 0. The maximum absolute atomic E-state index is 12.8. The molecule has 2 fully saturated rings. The van der Waals surface area contributed by atoms with Gasteiger partial charge in [0.2, 0.25) is 5.91 Å². The first-order chi connectivity index (χ1) is 14.2. The summed E-state index contributed by atoms with van der Waals surface area (Å²) in [5.41, 5.74) is 2.44. The number of likely N-dealkylation sites (tertiary alicyclic amines) is 1. The molecule has 1 saturated heterocycles. The molecule has 5 rings (SSSR count). The molecule has 2 aliphatic rings. The summed E-state index contributed by atoms with van der Waals surface area (Å²) in [5.74, 6) is 1.15. The number of imidazole rings is 1. The number of amides is 1. The van der Waals surface area contributed by atoms with Crippen LogP contribution in [0.3, 0.4) is 0 Å². The van der Waals surface area contributed by atoms with E-state index < -0.39 is 0 Å². The van der Waals surface area contributed by atoms with Gasteiger partial charge in [0.15, 0.2) is 0 Å². The van der Waals surface area contributed by atoms with Crippen LogP contribution in [-0.2, 0) is 11.2 Å². The van der Waals surface area contributed by atoms with Gasteiger partial charge in [0, 0.05) is 49.0 Å². The number of aromatic amines is 1. The van der Waals surface area contributed by atoms with Gasteiger partial charge in [-0.2, -0.15) is 0 Å². The molecule has 1 aliphatic heterocycles. The Balaban J connectivity index is 1.16. The Bertz CT molecular complexity index is 980. The van der Waals surface area contributed by atoms with Crippen LogP contribution in [0.1, 0.15) is 37.3 Å². The molecule has 0 spiro atoms. The largest absolute Gasteiger partial charge is 0.391 e. The van der Waals surface area contributed by atoms with Gasteiger partial charge in [0.25, 0.3) is 0 Å². The number of nitrogens with one attached hydrogen (secondary N) is 1. The van der Waals surface area contributed by atoms with Crippen LogP contribution in [0.5, 0.6) is 0 Å². The Morgan fingerprint density at radius 3 is 2.86 bits per heavy atom. The summed E-state index contributed by atoms with van der Waals surface area (Å²) in [5, 5.41) is 11.8. The Morgan fingerprint density at radius 2 is 2.03 bits per heavy atom. The van der Waals surface area contributed by atoms with Crippen molar-refractivity contribution in [3.05, 3.63) is 54.7 Å². The molecular weight excluding hydrogens is 364 g/mol. The molecule has 0 bridgehead atoms. The third-order valence-corrected chi connectivity index (χ3v) is 6.88. The second-order valence-electron chi connectivity index (χ2n) is 8.65. The summed E-state index contributed by atoms with van der Waals surface area (Å²) in [6.45, 7) is 1.62. The monoisotopic (exact) mass is 392 g/mol. The number of aryl methyl sites for hydroxylation is 1. The third-order valence-electron chi connectivity index (χ3n) is 6.88. The normalized spacial score (nSPS) is 26.7. The van der Waals surface area contributed by atoms with Gasteiger partial charge in [-0.15, -0.1) is 0 Å². The Hall–Kier alpha value is -2.60. The highest BCUT2D eigenvalue weighted by molar-refractivity contribution is 5.83. The lowest BCUT2D eigenvalue weighted by Gasteiger charge is -2.35. The van der Waals surface area contributed by atoms with E-state index in [-0.39, 0.29) is 18.1 Å². The van der Waals surface area contributed by atoms with Crippen molar-refractivity contribution in [1.29, 1.82) is 0 Å². The van der Waals surface area contributed by atoms with Crippen LogP contribution in [-0.4, -0.2) is 49.6 Å². The van der Waals surface area contributed by atoms with Gasteiger partial charge in [0.1, 0.15) is 0 Å². The molecule has 1 aromatic carbocycles. The van der Waals surface area contributed by atoms with E-state index in [1.807, 2.05) is 21.7 Å². The fraction of sp³-hybridized carbons (Fsp3) is 0.478. The lowest BCUT2D eigenvalue weighted by molar-refractivity contribution is -0.130. The van der Waals surface area contributed by atoms with Gasteiger partial charge in [-0.05, 0) is 49.1 Å². The van der Waals surface area contributed by atoms with Crippen LogP contribution in [0, 0.1) is 11.8 Å². The maximum Gasteiger partial charge on any atom is 0.222 e. The van der Waals surface area contributed by atoms with Crippen molar-refractivity contribution >= 4 is 16.8 Å². The molecule has 29 heavy (non-hydrogen) atoms. The molecule has 0 unspecified atom stereocenters. The number of hydrogen-bond acceptors (Lipinski definition) is 3. The number of benzene rings is 1. The lowest BCUT2D eigenvalue weighted by Crippen LogP contribution is -2.35. The lowest BCUT2D eigenvalue weighted by atomic mass is 9.77. The molecular formula is C23H28N4O2. The molecule has 3 heterocycles. The van der Waals surface area contributed by atoms with Crippen LogP contribution >= 0.6 is 0 Å². The number of aliphatic hydroxyl groups is 1. The highest BCUT2D eigenvalue weighted by Gasteiger charge is 2.43. The first kappa shape index (κ1) is 18.4. The topological polar surface area (TPSA) is 74.2 Å². The molecule has 6 nitrogen and oxygen atoms in total. The molecule has 6 heteroatoms.